The third kappa shape index (κ3) is 2.59. The highest BCUT2D eigenvalue weighted by Crippen LogP contribution is 2.48. The van der Waals surface area contributed by atoms with Gasteiger partial charge in [0, 0.05) is 18.3 Å². The van der Waals surface area contributed by atoms with Gasteiger partial charge in [-0.15, -0.1) is 5.10 Å². The zero-order valence-electron chi connectivity index (χ0n) is 13.5. The van der Waals surface area contributed by atoms with Gasteiger partial charge in [0.25, 0.3) is 0 Å². The summed E-state index contributed by atoms with van der Waals surface area (Å²) in [4.78, 5) is 24.3. The minimum absolute atomic E-state index is 0.00257. The molecule has 1 saturated carbocycles. The Bertz CT molecular complexity index is 875. The summed E-state index contributed by atoms with van der Waals surface area (Å²) in [7, 11) is 1.74. The molecule has 1 heterocycles. The van der Waals surface area contributed by atoms with Crippen LogP contribution in [0.5, 0.6) is 0 Å². The Labute approximate surface area is 143 Å². The molecule has 1 amide bonds. The van der Waals surface area contributed by atoms with Gasteiger partial charge in [0.1, 0.15) is 0 Å². The maximum absolute atomic E-state index is 12.7. The Kier molecular flexibility index (Phi) is 3.60. The van der Waals surface area contributed by atoms with E-state index in [2.05, 4.69) is 20.8 Å². The van der Waals surface area contributed by atoms with Crippen LogP contribution in [0.25, 0.3) is 11.4 Å². The first kappa shape index (κ1) is 15.5. The minimum atomic E-state index is -0.907. The second-order valence-electron chi connectivity index (χ2n) is 6.53. The van der Waals surface area contributed by atoms with Gasteiger partial charge in [-0.2, -0.15) is 0 Å². The standard InChI is InChI=1S/C17H17N5O3/c1-22-15(19-20-21-22)11-3-2-4-12(8-11)18-16(23)13-9-5-6-10(7-9)14(13)17(24)25/h2-6,8-10,13-14H,7H2,1H3,(H,18,23)(H,24,25)/t9-,10-,13+,14-/m0/s1. The summed E-state index contributed by atoms with van der Waals surface area (Å²) in [6, 6.07) is 7.20. The van der Waals surface area contributed by atoms with E-state index >= 15 is 0 Å². The number of amides is 1. The van der Waals surface area contributed by atoms with Crippen molar-refractivity contribution in [2.24, 2.45) is 30.7 Å². The molecule has 8 heteroatoms. The number of carbonyl (C=O) groups is 2. The largest absolute Gasteiger partial charge is 0.481 e. The average Bonchev–Trinajstić information content (AvgIpc) is 3.29. The highest BCUT2D eigenvalue weighted by Gasteiger charge is 2.51. The zero-order chi connectivity index (χ0) is 17.6. The lowest BCUT2D eigenvalue weighted by Gasteiger charge is -2.23. The van der Waals surface area contributed by atoms with Crippen LogP contribution in [0, 0.1) is 23.7 Å². The fourth-order valence-corrected chi connectivity index (χ4v) is 3.95. The molecule has 128 valence electrons. The molecular weight excluding hydrogens is 322 g/mol. The number of nitrogens with zero attached hydrogens (tertiary/aromatic N) is 4. The van der Waals surface area contributed by atoms with Gasteiger partial charge in [-0.05, 0) is 40.8 Å². The summed E-state index contributed by atoms with van der Waals surface area (Å²) in [5, 5.41) is 23.7. The topological polar surface area (TPSA) is 110 Å². The van der Waals surface area contributed by atoms with Crippen molar-refractivity contribution in [2.45, 2.75) is 6.42 Å². The van der Waals surface area contributed by atoms with Gasteiger partial charge in [-0.3, -0.25) is 9.59 Å². The lowest BCUT2D eigenvalue weighted by Crippen LogP contribution is -2.36. The first-order valence-electron chi connectivity index (χ1n) is 8.09. The molecule has 2 aromatic rings. The number of carbonyl (C=O) groups excluding carboxylic acids is 1. The van der Waals surface area contributed by atoms with Gasteiger partial charge in [-0.1, -0.05) is 24.3 Å². The maximum Gasteiger partial charge on any atom is 0.307 e. The van der Waals surface area contributed by atoms with E-state index in [0.29, 0.717) is 11.5 Å². The van der Waals surface area contributed by atoms with Crippen molar-refractivity contribution in [3.8, 4) is 11.4 Å². The average molecular weight is 339 g/mol. The summed E-state index contributed by atoms with van der Waals surface area (Å²) in [5.74, 6) is -1.81. The third-order valence-electron chi connectivity index (χ3n) is 5.06. The molecule has 1 fully saturated rings. The molecule has 2 bridgehead atoms. The smallest absolute Gasteiger partial charge is 0.307 e. The van der Waals surface area contributed by atoms with Crippen LogP contribution in [-0.2, 0) is 16.6 Å². The normalized spacial score (nSPS) is 26.8. The fourth-order valence-electron chi connectivity index (χ4n) is 3.95. The monoisotopic (exact) mass is 339 g/mol. The van der Waals surface area contributed by atoms with E-state index in [9.17, 15) is 14.7 Å². The van der Waals surface area contributed by atoms with Crippen molar-refractivity contribution in [1.82, 2.24) is 20.2 Å². The fraction of sp³-hybridized carbons (Fsp3) is 0.353. The van der Waals surface area contributed by atoms with Crippen LogP contribution in [0.15, 0.2) is 36.4 Å². The first-order valence-corrected chi connectivity index (χ1v) is 8.09. The molecule has 0 saturated heterocycles. The number of carboxylic acid groups (broad SMARTS) is 1. The van der Waals surface area contributed by atoms with Gasteiger partial charge >= 0.3 is 5.97 Å². The van der Waals surface area contributed by atoms with Crippen molar-refractivity contribution in [3.05, 3.63) is 36.4 Å². The molecule has 2 aliphatic rings. The van der Waals surface area contributed by atoms with Gasteiger partial charge in [0.05, 0.1) is 11.8 Å². The van der Waals surface area contributed by atoms with Gasteiger partial charge < -0.3 is 10.4 Å². The number of allylic oxidation sites excluding steroid dienone is 2. The predicted octanol–water partition coefficient (Wildman–Crippen LogP) is 1.34. The Morgan fingerprint density at radius 1 is 1.24 bits per heavy atom. The van der Waals surface area contributed by atoms with Crippen LogP contribution in [0.2, 0.25) is 0 Å². The van der Waals surface area contributed by atoms with Gasteiger partial charge in [0.2, 0.25) is 5.91 Å². The van der Waals surface area contributed by atoms with Crippen molar-refractivity contribution >= 4 is 17.6 Å². The molecular formula is C17H17N5O3. The highest BCUT2D eigenvalue weighted by atomic mass is 16.4. The first-order chi connectivity index (χ1) is 12.0. The van der Waals surface area contributed by atoms with Crippen molar-refractivity contribution < 1.29 is 14.7 Å². The third-order valence-corrected chi connectivity index (χ3v) is 5.06. The molecule has 4 atom stereocenters. The Balaban J connectivity index is 1.56. The summed E-state index contributed by atoms with van der Waals surface area (Å²) in [6.45, 7) is 0. The molecule has 0 radical (unpaired) electrons. The molecule has 1 aromatic carbocycles. The molecule has 2 aliphatic carbocycles. The van der Waals surface area contributed by atoms with Crippen molar-refractivity contribution in [3.63, 3.8) is 0 Å². The summed E-state index contributed by atoms with van der Waals surface area (Å²) < 4.78 is 1.54. The van der Waals surface area contributed by atoms with E-state index in [1.807, 2.05) is 18.2 Å². The molecule has 0 aliphatic heterocycles. The van der Waals surface area contributed by atoms with Crippen LogP contribution in [0.3, 0.4) is 0 Å². The lowest BCUT2D eigenvalue weighted by molar-refractivity contribution is -0.146. The quantitative estimate of drug-likeness (QED) is 0.813. The van der Waals surface area contributed by atoms with Gasteiger partial charge in [-0.25, -0.2) is 4.68 Å². The van der Waals surface area contributed by atoms with E-state index in [1.54, 1.807) is 29.9 Å². The number of benzene rings is 1. The van der Waals surface area contributed by atoms with Crippen molar-refractivity contribution in [2.75, 3.05) is 5.32 Å². The SMILES string of the molecule is Cn1nnnc1-c1cccc(NC(=O)[C@H]2[C@@H](C(=O)O)[C@H]3C=C[C@H]2C3)c1. The predicted molar refractivity (Wildman–Crippen MR) is 88.2 cm³/mol. The van der Waals surface area contributed by atoms with Crippen LogP contribution in [-0.4, -0.2) is 37.2 Å². The number of aromatic nitrogens is 4. The number of tetrazole rings is 1. The number of carboxylic acids is 1. The Morgan fingerprint density at radius 2 is 2.00 bits per heavy atom. The number of hydrogen-bond acceptors (Lipinski definition) is 5. The zero-order valence-corrected chi connectivity index (χ0v) is 13.5. The second kappa shape index (κ2) is 5.80. The van der Waals surface area contributed by atoms with E-state index in [0.717, 1.165) is 12.0 Å². The van der Waals surface area contributed by atoms with Gasteiger partial charge in [0.15, 0.2) is 5.82 Å². The van der Waals surface area contributed by atoms with E-state index in [-0.39, 0.29) is 17.7 Å². The minimum Gasteiger partial charge on any atom is -0.481 e. The summed E-state index contributed by atoms with van der Waals surface area (Å²) >= 11 is 0. The Morgan fingerprint density at radius 3 is 2.68 bits per heavy atom. The molecule has 0 unspecified atom stereocenters. The molecule has 4 rings (SSSR count). The number of nitrogens with one attached hydrogen (secondary N) is 1. The molecule has 2 N–H and O–H groups in total. The molecule has 25 heavy (non-hydrogen) atoms. The Hall–Kier alpha value is -3.03. The molecule has 1 aromatic heterocycles. The summed E-state index contributed by atoms with van der Waals surface area (Å²) in [6.07, 6.45) is 4.63. The van der Waals surface area contributed by atoms with Crippen LogP contribution >= 0.6 is 0 Å². The van der Waals surface area contributed by atoms with E-state index in [4.69, 9.17) is 0 Å². The number of hydrogen-bond donors (Lipinski definition) is 2. The number of rotatable bonds is 4. The van der Waals surface area contributed by atoms with Crippen LogP contribution < -0.4 is 5.32 Å². The number of aryl methyl sites for hydroxylation is 1. The van der Waals surface area contributed by atoms with Crippen molar-refractivity contribution in [1.29, 1.82) is 0 Å². The molecule has 0 spiro atoms. The maximum atomic E-state index is 12.7. The van der Waals surface area contributed by atoms with Crippen LogP contribution in [0.1, 0.15) is 6.42 Å². The van der Waals surface area contributed by atoms with Crippen LogP contribution in [0.4, 0.5) is 5.69 Å². The van der Waals surface area contributed by atoms with E-state index in [1.165, 1.54) is 0 Å². The number of aliphatic carboxylic acids is 1. The second-order valence-corrected chi connectivity index (χ2v) is 6.53. The number of anilines is 1. The number of fused-ring (bicyclic) bond motifs is 2. The summed E-state index contributed by atoms with van der Waals surface area (Å²) in [5.41, 5.74) is 1.37. The lowest BCUT2D eigenvalue weighted by atomic mass is 9.82. The van der Waals surface area contributed by atoms with E-state index < -0.39 is 17.8 Å². The molecule has 8 nitrogen and oxygen atoms in total. The highest BCUT2D eigenvalue weighted by molar-refractivity contribution is 5.96.